The van der Waals surface area contributed by atoms with E-state index in [0.29, 0.717) is 31.7 Å². The number of carbonyl (C=O) groups excluding carboxylic acids is 5. The van der Waals surface area contributed by atoms with E-state index >= 15 is 0 Å². The zero-order valence-corrected chi connectivity index (χ0v) is 32.3. The van der Waals surface area contributed by atoms with Gasteiger partial charge in [-0.3, -0.25) is 19.2 Å². The number of piperidine rings is 1. The summed E-state index contributed by atoms with van der Waals surface area (Å²) in [6, 6.07) is -3.45. The second kappa shape index (κ2) is 13.7. The molecule has 4 saturated carbocycles. The number of fused-ring (bicyclic) bond motifs is 1. The summed E-state index contributed by atoms with van der Waals surface area (Å²) >= 11 is 0. The number of ketones is 1. The summed E-state index contributed by atoms with van der Waals surface area (Å²) in [6.07, 6.45) is 8.52. The van der Waals surface area contributed by atoms with Gasteiger partial charge in [-0.25, -0.2) is 13.2 Å². The van der Waals surface area contributed by atoms with Crippen LogP contribution in [-0.2, 0) is 29.0 Å². The molecule has 5 fully saturated rings. The largest absolute Gasteiger partial charge is 0.347 e. The number of urea groups is 1. The average Bonchev–Trinajstić information content (AvgIpc) is 3.95. The predicted octanol–water partition coefficient (Wildman–Crippen LogP) is 3.62. The molecule has 5 amide bonds. The van der Waals surface area contributed by atoms with Crippen LogP contribution in [0.2, 0.25) is 0 Å². The van der Waals surface area contributed by atoms with Gasteiger partial charge < -0.3 is 26.2 Å². The number of sulfone groups is 1. The molecule has 0 aromatic rings. The van der Waals surface area contributed by atoms with Crippen LogP contribution in [0, 0.1) is 28.6 Å². The van der Waals surface area contributed by atoms with Gasteiger partial charge in [-0.15, -0.1) is 0 Å². The highest BCUT2D eigenvalue weighted by atomic mass is 32.2. The Hall–Kier alpha value is -2.70. The molecule has 1 saturated heterocycles. The van der Waals surface area contributed by atoms with E-state index in [1.807, 2.05) is 20.8 Å². The average molecular weight is 720 g/mol. The third kappa shape index (κ3) is 8.49. The van der Waals surface area contributed by atoms with Crippen LogP contribution in [0.1, 0.15) is 126 Å². The molecule has 0 radical (unpaired) electrons. The molecule has 282 valence electrons. The molecular formula is C37H61N5O7S. The predicted molar refractivity (Wildman–Crippen MR) is 191 cm³/mol. The van der Waals surface area contributed by atoms with Crippen molar-refractivity contribution in [3.63, 3.8) is 0 Å². The van der Waals surface area contributed by atoms with Gasteiger partial charge >= 0.3 is 6.03 Å². The second-order valence-electron chi connectivity index (χ2n) is 18.7. The van der Waals surface area contributed by atoms with Gasteiger partial charge in [0, 0.05) is 12.6 Å². The Balaban J connectivity index is 1.33. The molecule has 5 aliphatic rings. The van der Waals surface area contributed by atoms with Crippen LogP contribution in [0.3, 0.4) is 0 Å². The lowest BCUT2D eigenvalue weighted by Crippen LogP contribution is -2.64. The summed E-state index contributed by atoms with van der Waals surface area (Å²) in [4.78, 5) is 70.1. The molecule has 12 nitrogen and oxygen atoms in total. The van der Waals surface area contributed by atoms with Gasteiger partial charge in [-0.2, -0.15) is 0 Å². The SMILES string of the molecule is CC(C)(C)[C@H](NC(=O)NC1(CS(=O)(=O)C(C)(C)C)CCCCC1)C(=O)N1C[C@H]2C([C@H]1C(=O)N[C@@H](CCC1CC1)C(=O)C(=O)NC1CC1)C2(C)C. The number of hydrogen-bond acceptors (Lipinski definition) is 7. The van der Waals surface area contributed by atoms with Gasteiger partial charge in [0.2, 0.25) is 17.6 Å². The van der Waals surface area contributed by atoms with E-state index in [4.69, 9.17) is 0 Å². The number of carbonyl (C=O) groups is 5. The Kier molecular flexibility index (Phi) is 10.6. The van der Waals surface area contributed by atoms with Crippen molar-refractivity contribution in [3.8, 4) is 0 Å². The topological polar surface area (TPSA) is 171 Å². The molecule has 5 atom stereocenters. The first-order chi connectivity index (χ1) is 23.1. The van der Waals surface area contributed by atoms with Crippen LogP contribution < -0.4 is 21.3 Å². The molecule has 4 N–H and O–H groups in total. The van der Waals surface area contributed by atoms with Gasteiger partial charge in [-0.05, 0) is 87.9 Å². The number of amides is 5. The molecule has 0 bridgehead atoms. The van der Waals surface area contributed by atoms with E-state index in [-0.39, 0.29) is 29.0 Å². The Bertz CT molecular complexity index is 1470. The van der Waals surface area contributed by atoms with Crippen molar-refractivity contribution < 1.29 is 32.4 Å². The van der Waals surface area contributed by atoms with Crippen molar-refractivity contribution in [2.75, 3.05) is 12.3 Å². The van der Waals surface area contributed by atoms with Crippen molar-refractivity contribution in [3.05, 3.63) is 0 Å². The van der Waals surface area contributed by atoms with Gasteiger partial charge in [-0.1, -0.05) is 66.7 Å². The summed E-state index contributed by atoms with van der Waals surface area (Å²) in [5, 5.41) is 11.6. The van der Waals surface area contributed by atoms with E-state index in [2.05, 4.69) is 35.1 Å². The smallest absolute Gasteiger partial charge is 0.315 e. The van der Waals surface area contributed by atoms with Crippen LogP contribution in [-0.4, -0.2) is 89.6 Å². The maximum atomic E-state index is 14.5. The minimum Gasteiger partial charge on any atom is -0.347 e. The van der Waals surface area contributed by atoms with Gasteiger partial charge in [0.1, 0.15) is 12.1 Å². The first-order valence-corrected chi connectivity index (χ1v) is 20.5. The Morgan fingerprint density at radius 3 is 2.04 bits per heavy atom. The number of Topliss-reactive ketones (excluding diaryl/α,β-unsaturated/α-hetero) is 1. The number of nitrogens with zero attached hydrogens (tertiary/aromatic N) is 1. The molecule has 0 aromatic heterocycles. The van der Waals surface area contributed by atoms with Crippen LogP contribution in [0.25, 0.3) is 0 Å². The van der Waals surface area contributed by atoms with Gasteiger partial charge in [0.25, 0.3) is 5.91 Å². The fraction of sp³-hybridized carbons (Fsp3) is 0.865. The number of likely N-dealkylation sites (tertiary alicyclic amines) is 1. The molecule has 0 aromatic carbocycles. The highest BCUT2D eigenvalue weighted by Gasteiger charge is 2.70. The van der Waals surface area contributed by atoms with Gasteiger partial charge in [0.05, 0.1) is 22.1 Å². The lowest BCUT2D eigenvalue weighted by atomic mass is 9.83. The van der Waals surface area contributed by atoms with Crippen molar-refractivity contribution in [2.24, 2.45) is 28.6 Å². The molecule has 13 heteroatoms. The molecule has 1 unspecified atom stereocenters. The first-order valence-electron chi connectivity index (χ1n) is 18.8. The van der Waals surface area contributed by atoms with Crippen LogP contribution >= 0.6 is 0 Å². The third-order valence-corrected chi connectivity index (χ3v) is 14.9. The van der Waals surface area contributed by atoms with Crippen LogP contribution in [0.4, 0.5) is 4.79 Å². The van der Waals surface area contributed by atoms with Crippen molar-refractivity contribution >= 4 is 39.4 Å². The van der Waals surface area contributed by atoms with Crippen LogP contribution in [0.5, 0.6) is 0 Å². The van der Waals surface area contributed by atoms with Crippen molar-refractivity contribution in [1.29, 1.82) is 0 Å². The molecule has 50 heavy (non-hydrogen) atoms. The first kappa shape index (κ1) is 38.5. The van der Waals surface area contributed by atoms with E-state index in [1.165, 1.54) is 0 Å². The number of rotatable bonds is 13. The second-order valence-corrected chi connectivity index (χ2v) is 21.4. The molecular weight excluding hydrogens is 659 g/mol. The monoisotopic (exact) mass is 719 g/mol. The zero-order valence-electron chi connectivity index (χ0n) is 31.4. The van der Waals surface area contributed by atoms with Gasteiger partial charge in [0.15, 0.2) is 9.84 Å². The molecule has 0 spiro atoms. The maximum absolute atomic E-state index is 14.5. The molecule has 1 aliphatic heterocycles. The Morgan fingerprint density at radius 2 is 1.50 bits per heavy atom. The number of nitrogens with one attached hydrogen (secondary N) is 4. The van der Waals surface area contributed by atoms with E-state index in [0.717, 1.165) is 51.4 Å². The van der Waals surface area contributed by atoms with Crippen molar-refractivity contribution in [1.82, 2.24) is 26.2 Å². The normalized spacial score (nSPS) is 27.0. The minimum absolute atomic E-state index is 0.0112. The summed E-state index contributed by atoms with van der Waals surface area (Å²) in [6.45, 7) is 15.0. The maximum Gasteiger partial charge on any atom is 0.315 e. The lowest BCUT2D eigenvalue weighted by Gasteiger charge is -2.41. The number of hydrogen-bond donors (Lipinski definition) is 4. The zero-order chi connectivity index (χ0) is 37.0. The van der Waals surface area contributed by atoms with E-state index < -0.39 is 73.2 Å². The highest BCUT2D eigenvalue weighted by Crippen LogP contribution is 2.65. The van der Waals surface area contributed by atoms with E-state index in [1.54, 1.807) is 25.7 Å². The fourth-order valence-electron chi connectivity index (χ4n) is 8.13. The van der Waals surface area contributed by atoms with E-state index in [9.17, 15) is 32.4 Å². The summed E-state index contributed by atoms with van der Waals surface area (Å²) in [7, 11) is -3.56. The standard InChI is InChI=1S/C37H61N5O7S/c1-34(2,3)29(40-33(47)41-37(18-10-9-11-19-37)21-50(48,49)35(4,5)6)32(46)42-20-24-26(36(24,7)8)27(42)30(44)39-25(17-14-22-12-13-22)28(43)31(45)38-23-15-16-23/h22-27,29H,9-21H2,1-8H3,(H,38,45)(H,39,44)(H2,40,41,47)/t24-,25-,26?,27-,29+/m0/s1. The summed E-state index contributed by atoms with van der Waals surface area (Å²) in [5.74, 6) is -1.92. The van der Waals surface area contributed by atoms with Crippen LogP contribution in [0.15, 0.2) is 0 Å². The summed E-state index contributed by atoms with van der Waals surface area (Å²) in [5.41, 5.74) is -1.89. The third-order valence-electron chi connectivity index (χ3n) is 12.1. The quantitative estimate of drug-likeness (QED) is 0.211. The molecule has 1 heterocycles. The fourth-order valence-corrected chi connectivity index (χ4v) is 9.65. The minimum atomic E-state index is -3.56. The Labute approximate surface area is 298 Å². The lowest BCUT2D eigenvalue weighted by molar-refractivity contribution is -0.145. The molecule has 5 rings (SSSR count). The highest BCUT2D eigenvalue weighted by molar-refractivity contribution is 7.92. The Morgan fingerprint density at radius 1 is 0.880 bits per heavy atom. The summed E-state index contributed by atoms with van der Waals surface area (Å²) < 4.78 is 25.7. The molecule has 4 aliphatic carbocycles. The van der Waals surface area contributed by atoms with Crippen molar-refractivity contribution in [2.45, 2.75) is 160 Å².